The molecule has 0 spiro atoms. The third-order valence-corrected chi connectivity index (χ3v) is 3.52. The lowest BCUT2D eigenvalue weighted by Gasteiger charge is -2.21. The maximum absolute atomic E-state index is 11.8. The number of aromatic nitrogens is 1. The maximum Gasteiger partial charge on any atom is 0.320 e. The first-order valence-electron chi connectivity index (χ1n) is 5.33. The van der Waals surface area contributed by atoms with E-state index < -0.39 is 11.4 Å². The SMILES string of the molecule is CC(=O)C1(Cc2ccncc2Cl)CCOC1=O. The number of rotatable bonds is 3. The molecule has 0 amide bonds. The molecule has 2 heterocycles. The van der Waals surface area contributed by atoms with Crippen molar-refractivity contribution >= 4 is 23.4 Å². The minimum absolute atomic E-state index is 0.173. The molecule has 1 atom stereocenters. The first-order chi connectivity index (χ1) is 8.06. The minimum atomic E-state index is -1.06. The predicted molar refractivity (Wildman–Crippen MR) is 61.6 cm³/mol. The molecule has 0 radical (unpaired) electrons. The summed E-state index contributed by atoms with van der Waals surface area (Å²) in [5, 5.41) is 0.466. The Balaban J connectivity index is 2.35. The molecule has 4 nitrogen and oxygen atoms in total. The summed E-state index contributed by atoms with van der Waals surface area (Å²) in [6.07, 6.45) is 3.79. The monoisotopic (exact) mass is 253 g/mol. The van der Waals surface area contributed by atoms with Gasteiger partial charge in [-0.25, -0.2) is 0 Å². The summed E-state index contributed by atoms with van der Waals surface area (Å²) in [6.45, 7) is 1.71. The summed E-state index contributed by atoms with van der Waals surface area (Å²) in [5.41, 5.74) is -0.318. The number of nitrogens with zero attached hydrogens (tertiary/aromatic N) is 1. The number of halogens is 1. The van der Waals surface area contributed by atoms with Gasteiger partial charge in [-0.2, -0.15) is 0 Å². The average molecular weight is 254 g/mol. The van der Waals surface area contributed by atoms with Crippen molar-refractivity contribution in [2.75, 3.05) is 6.61 Å². The van der Waals surface area contributed by atoms with E-state index in [0.717, 1.165) is 5.56 Å². The van der Waals surface area contributed by atoms with Crippen LogP contribution in [0.4, 0.5) is 0 Å². The number of ether oxygens (including phenoxy) is 1. The molecule has 0 aliphatic carbocycles. The van der Waals surface area contributed by atoms with Crippen molar-refractivity contribution < 1.29 is 14.3 Å². The van der Waals surface area contributed by atoms with Gasteiger partial charge in [-0.15, -0.1) is 0 Å². The van der Waals surface area contributed by atoms with Crippen LogP contribution in [0.15, 0.2) is 18.5 Å². The molecule has 1 saturated heterocycles. The molecule has 1 aliphatic heterocycles. The molecule has 0 bridgehead atoms. The molecule has 2 rings (SSSR count). The number of cyclic esters (lactones) is 1. The fourth-order valence-corrected chi connectivity index (χ4v) is 2.22. The van der Waals surface area contributed by atoms with Gasteiger partial charge in [-0.1, -0.05) is 11.6 Å². The molecule has 17 heavy (non-hydrogen) atoms. The topological polar surface area (TPSA) is 56.3 Å². The van der Waals surface area contributed by atoms with Crippen LogP contribution in [0.3, 0.4) is 0 Å². The van der Waals surface area contributed by atoms with Crippen LogP contribution in [0, 0.1) is 5.41 Å². The van der Waals surface area contributed by atoms with Crippen LogP contribution in [-0.2, 0) is 20.7 Å². The van der Waals surface area contributed by atoms with Gasteiger partial charge in [-0.3, -0.25) is 14.6 Å². The summed E-state index contributed by atoms with van der Waals surface area (Å²) in [4.78, 5) is 27.4. The van der Waals surface area contributed by atoms with E-state index in [1.165, 1.54) is 13.1 Å². The summed E-state index contributed by atoms with van der Waals surface area (Å²) >= 11 is 5.99. The number of Topliss-reactive ketones (excluding diaryl/α,β-unsaturated/α-hetero) is 1. The van der Waals surface area contributed by atoms with Crippen LogP contribution in [-0.4, -0.2) is 23.3 Å². The molecule has 1 unspecified atom stereocenters. The second-order valence-corrected chi connectivity index (χ2v) is 4.58. The maximum atomic E-state index is 11.8. The van der Waals surface area contributed by atoms with Crippen LogP contribution in [0.2, 0.25) is 5.02 Å². The van der Waals surface area contributed by atoms with Gasteiger partial charge in [0.1, 0.15) is 11.2 Å². The highest BCUT2D eigenvalue weighted by atomic mass is 35.5. The first-order valence-corrected chi connectivity index (χ1v) is 5.71. The number of carbonyl (C=O) groups excluding carboxylic acids is 2. The van der Waals surface area contributed by atoms with Crippen molar-refractivity contribution in [1.29, 1.82) is 0 Å². The van der Waals surface area contributed by atoms with Gasteiger partial charge in [-0.05, 0) is 25.0 Å². The average Bonchev–Trinajstić information content (AvgIpc) is 2.65. The minimum Gasteiger partial charge on any atom is -0.465 e. The molecule has 1 aromatic rings. The zero-order chi connectivity index (χ0) is 12.5. The van der Waals surface area contributed by atoms with Gasteiger partial charge in [0, 0.05) is 18.8 Å². The molecule has 1 fully saturated rings. The largest absolute Gasteiger partial charge is 0.465 e. The van der Waals surface area contributed by atoms with Crippen molar-refractivity contribution in [3.8, 4) is 0 Å². The van der Waals surface area contributed by atoms with Crippen LogP contribution < -0.4 is 0 Å². The Morgan fingerprint density at radius 3 is 2.94 bits per heavy atom. The Labute approximate surface area is 104 Å². The molecule has 1 aromatic heterocycles. The molecule has 0 N–H and O–H groups in total. The van der Waals surface area contributed by atoms with Crippen molar-refractivity contribution in [2.24, 2.45) is 5.41 Å². The van der Waals surface area contributed by atoms with Crippen LogP contribution in [0.25, 0.3) is 0 Å². The predicted octanol–water partition coefficient (Wildman–Crippen LogP) is 1.80. The molecule has 1 aliphatic rings. The Hall–Kier alpha value is -1.42. The van der Waals surface area contributed by atoms with Crippen LogP contribution in [0.5, 0.6) is 0 Å². The first kappa shape index (κ1) is 12.0. The van der Waals surface area contributed by atoms with E-state index in [1.807, 2.05) is 0 Å². The third kappa shape index (κ3) is 2.05. The van der Waals surface area contributed by atoms with E-state index in [9.17, 15) is 9.59 Å². The van der Waals surface area contributed by atoms with Gasteiger partial charge in [0.15, 0.2) is 0 Å². The second kappa shape index (κ2) is 4.45. The van der Waals surface area contributed by atoms with Crippen LogP contribution in [0.1, 0.15) is 18.9 Å². The summed E-state index contributed by atoms with van der Waals surface area (Å²) in [7, 11) is 0. The number of hydrogen-bond acceptors (Lipinski definition) is 4. The van der Waals surface area contributed by atoms with Crippen molar-refractivity contribution in [3.05, 3.63) is 29.0 Å². The smallest absolute Gasteiger partial charge is 0.320 e. The van der Waals surface area contributed by atoms with Crippen molar-refractivity contribution in [1.82, 2.24) is 4.98 Å². The van der Waals surface area contributed by atoms with Crippen molar-refractivity contribution in [2.45, 2.75) is 19.8 Å². The lowest BCUT2D eigenvalue weighted by molar-refractivity contribution is -0.150. The zero-order valence-corrected chi connectivity index (χ0v) is 10.2. The Morgan fingerprint density at radius 2 is 2.41 bits per heavy atom. The molecular weight excluding hydrogens is 242 g/mol. The number of carbonyl (C=O) groups is 2. The van der Waals surface area contributed by atoms with Crippen LogP contribution >= 0.6 is 11.6 Å². The lowest BCUT2D eigenvalue weighted by Crippen LogP contribution is -2.36. The van der Waals surface area contributed by atoms with E-state index >= 15 is 0 Å². The Bertz CT molecular complexity index is 475. The molecule has 90 valence electrons. The lowest BCUT2D eigenvalue weighted by atomic mass is 9.77. The number of pyridine rings is 1. The molecule has 5 heteroatoms. The Morgan fingerprint density at radius 1 is 1.65 bits per heavy atom. The number of esters is 1. The third-order valence-electron chi connectivity index (χ3n) is 3.18. The van der Waals surface area contributed by atoms with Gasteiger partial charge < -0.3 is 4.74 Å². The summed E-state index contributed by atoms with van der Waals surface area (Å²) in [5.74, 6) is -0.620. The highest BCUT2D eigenvalue weighted by Crippen LogP contribution is 2.36. The van der Waals surface area contributed by atoms with Gasteiger partial charge in [0.2, 0.25) is 0 Å². The van der Waals surface area contributed by atoms with Gasteiger partial charge in [0.05, 0.1) is 11.6 Å². The van der Waals surface area contributed by atoms with Gasteiger partial charge >= 0.3 is 5.97 Å². The van der Waals surface area contributed by atoms with Crippen molar-refractivity contribution in [3.63, 3.8) is 0 Å². The molecular formula is C12H12ClNO3. The number of hydrogen-bond donors (Lipinski definition) is 0. The van der Waals surface area contributed by atoms with E-state index in [2.05, 4.69) is 4.98 Å². The summed E-state index contributed by atoms with van der Waals surface area (Å²) in [6, 6.07) is 1.72. The standard InChI is InChI=1S/C12H12ClNO3/c1-8(15)12(3-5-17-11(12)16)6-9-2-4-14-7-10(9)13/h2,4,7H,3,5-6H2,1H3. The van der Waals surface area contributed by atoms with E-state index in [-0.39, 0.29) is 12.2 Å². The summed E-state index contributed by atoms with van der Waals surface area (Å²) < 4.78 is 4.92. The fourth-order valence-electron chi connectivity index (χ4n) is 2.04. The highest BCUT2D eigenvalue weighted by molar-refractivity contribution is 6.31. The molecule has 0 aromatic carbocycles. The van der Waals surface area contributed by atoms with E-state index in [0.29, 0.717) is 18.1 Å². The van der Waals surface area contributed by atoms with E-state index in [1.54, 1.807) is 12.3 Å². The fraction of sp³-hybridized carbons (Fsp3) is 0.417. The van der Waals surface area contributed by atoms with E-state index in [4.69, 9.17) is 16.3 Å². The van der Waals surface area contributed by atoms with Gasteiger partial charge in [0.25, 0.3) is 0 Å². The highest BCUT2D eigenvalue weighted by Gasteiger charge is 2.48. The second-order valence-electron chi connectivity index (χ2n) is 4.17. The number of ketones is 1. The normalized spacial score (nSPS) is 23.5. The quantitative estimate of drug-likeness (QED) is 0.609. The zero-order valence-electron chi connectivity index (χ0n) is 9.40. The molecule has 0 saturated carbocycles. The Kier molecular flexibility index (Phi) is 3.15.